The zero-order chi connectivity index (χ0) is 11.4. The fourth-order valence-corrected chi connectivity index (χ4v) is 1.69. The lowest BCUT2D eigenvalue weighted by Gasteiger charge is -2.13. The molecule has 0 saturated heterocycles. The first-order valence-corrected chi connectivity index (χ1v) is 5.35. The Morgan fingerprint density at radius 1 is 1.47 bits per heavy atom. The maximum Gasteiger partial charge on any atom is 0.338 e. The van der Waals surface area contributed by atoms with Crippen LogP contribution in [0.1, 0.15) is 15.9 Å². The lowest BCUT2D eigenvalue weighted by molar-refractivity contribution is 0.0598. The first kappa shape index (κ1) is 12.2. The van der Waals surface area contributed by atoms with E-state index in [1.807, 2.05) is 31.1 Å². The second kappa shape index (κ2) is 5.28. The molecule has 0 unspecified atom stereocenters. The fraction of sp³-hybridized carbons (Fsp3) is 0.364. The molecule has 0 amide bonds. The van der Waals surface area contributed by atoms with Crippen LogP contribution in [0.15, 0.2) is 22.7 Å². The van der Waals surface area contributed by atoms with Gasteiger partial charge in [0.1, 0.15) is 0 Å². The molecule has 15 heavy (non-hydrogen) atoms. The molecule has 1 aromatic carbocycles. The molecular weight excluding hydrogens is 258 g/mol. The van der Waals surface area contributed by atoms with E-state index in [1.54, 1.807) is 6.07 Å². The van der Waals surface area contributed by atoms with Crippen molar-refractivity contribution in [1.82, 2.24) is 4.90 Å². The van der Waals surface area contributed by atoms with E-state index in [-0.39, 0.29) is 5.97 Å². The Morgan fingerprint density at radius 3 is 2.67 bits per heavy atom. The predicted octanol–water partition coefficient (Wildman–Crippen LogP) is 2.30. The summed E-state index contributed by atoms with van der Waals surface area (Å²) in [7, 11) is 5.31. The lowest BCUT2D eigenvalue weighted by Crippen LogP contribution is -2.14. The molecule has 0 spiro atoms. The van der Waals surface area contributed by atoms with Crippen LogP contribution in [0, 0.1) is 0 Å². The van der Waals surface area contributed by atoms with Crippen molar-refractivity contribution in [3.63, 3.8) is 0 Å². The number of hydrogen-bond donors (Lipinski definition) is 0. The van der Waals surface area contributed by atoms with Gasteiger partial charge in [-0.25, -0.2) is 4.79 Å². The van der Waals surface area contributed by atoms with Gasteiger partial charge in [-0.3, -0.25) is 0 Å². The van der Waals surface area contributed by atoms with E-state index in [0.717, 1.165) is 16.6 Å². The molecule has 0 atom stereocenters. The van der Waals surface area contributed by atoms with Crippen molar-refractivity contribution in [2.75, 3.05) is 21.2 Å². The van der Waals surface area contributed by atoms with Gasteiger partial charge in [0, 0.05) is 11.0 Å². The summed E-state index contributed by atoms with van der Waals surface area (Å²) in [5.74, 6) is -0.298. The minimum Gasteiger partial charge on any atom is -0.465 e. The number of halogens is 1. The summed E-state index contributed by atoms with van der Waals surface area (Å²) in [6.07, 6.45) is 0. The van der Waals surface area contributed by atoms with Crippen molar-refractivity contribution in [2.24, 2.45) is 0 Å². The summed E-state index contributed by atoms with van der Waals surface area (Å²) >= 11 is 3.34. The second-order valence-corrected chi connectivity index (χ2v) is 4.45. The number of ether oxygens (including phenoxy) is 1. The van der Waals surface area contributed by atoms with Crippen LogP contribution in [0.25, 0.3) is 0 Å². The highest BCUT2D eigenvalue weighted by Crippen LogP contribution is 2.18. The van der Waals surface area contributed by atoms with E-state index in [1.165, 1.54) is 7.11 Å². The van der Waals surface area contributed by atoms with E-state index >= 15 is 0 Å². The molecule has 0 fully saturated rings. The number of carbonyl (C=O) groups is 1. The minimum absolute atomic E-state index is 0.298. The smallest absolute Gasteiger partial charge is 0.338 e. The number of nitrogens with zero attached hydrogens (tertiary/aromatic N) is 1. The summed E-state index contributed by atoms with van der Waals surface area (Å²) in [6, 6.07) is 5.63. The van der Waals surface area contributed by atoms with E-state index < -0.39 is 0 Å². The second-order valence-electron chi connectivity index (χ2n) is 3.53. The first-order chi connectivity index (χ1) is 7.04. The molecule has 0 aliphatic rings. The van der Waals surface area contributed by atoms with Crippen molar-refractivity contribution < 1.29 is 9.53 Å². The average Bonchev–Trinajstić information content (AvgIpc) is 2.19. The molecular formula is C11H14BrNO2. The van der Waals surface area contributed by atoms with Crippen molar-refractivity contribution in [2.45, 2.75) is 6.54 Å². The molecule has 0 aliphatic heterocycles. The summed E-state index contributed by atoms with van der Waals surface area (Å²) in [5, 5.41) is 0. The summed E-state index contributed by atoms with van der Waals surface area (Å²) < 4.78 is 5.62. The van der Waals surface area contributed by atoms with E-state index in [0.29, 0.717) is 5.56 Å². The van der Waals surface area contributed by atoms with E-state index in [2.05, 4.69) is 15.9 Å². The Hall–Kier alpha value is -0.870. The molecule has 82 valence electrons. The molecule has 1 aromatic rings. The topological polar surface area (TPSA) is 29.5 Å². The van der Waals surface area contributed by atoms with Crippen molar-refractivity contribution in [3.05, 3.63) is 33.8 Å². The molecule has 0 saturated carbocycles. The van der Waals surface area contributed by atoms with Gasteiger partial charge in [-0.2, -0.15) is 0 Å². The number of benzene rings is 1. The quantitative estimate of drug-likeness (QED) is 0.791. The zero-order valence-electron chi connectivity index (χ0n) is 9.08. The van der Waals surface area contributed by atoms with Crippen molar-refractivity contribution in [1.29, 1.82) is 0 Å². The predicted molar refractivity (Wildman–Crippen MR) is 62.9 cm³/mol. The highest BCUT2D eigenvalue weighted by Gasteiger charge is 2.12. The normalized spacial score (nSPS) is 10.5. The van der Waals surface area contributed by atoms with Gasteiger partial charge in [0.2, 0.25) is 0 Å². The van der Waals surface area contributed by atoms with Gasteiger partial charge < -0.3 is 9.64 Å². The third-order valence-electron chi connectivity index (χ3n) is 1.96. The number of esters is 1. The van der Waals surface area contributed by atoms with Crippen LogP contribution in [0.5, 0.6) is 0 Å². The number of rotatable bonds is 3. The molecule has 0 radical (unpaired) electrons. The first-order valence-electron chi connectivity index (χ1n) is 4.56. The van der Waals surface area contributed by atoms with Crippen LogP contribution in [0.2, 0.25) is 0 Å². The number of methoxy groups -OCH3 is 1. The molecule has 0 heterocycles. The fourth-order valence-electron chi connectivity index (χ4n) is 1.33. The largest absolute Gasteiger partial charge is 0.465 e. The van der Waals surface area contributed by atoms with E-state index in [9.17, 15) is 4.79 Å². The zero-order valence-corrected chi connectivity index (χ0v) is 10.7. The molecule has 0 bridgehead atoms. The summed E-state index contributed by atoms with van der Waals surface area (Å²) in [5.41, 5.74) is 1.58. The third-order valence-corrected chi connectivity index (χ3v) is 2.46. The van der Waals surface area contributed by atoms with Crippen LogP contribution in [0.4, 0.5) is 0 Å². The van der Waals surface area contributed by atoms with Crippen LogP contribution < -0.4 is 0 Å². The lowest BCUT2D eigenvalue weighted by atomic mass is 10.1. The summed E-state index contributed by atoms with van der Waals surface area (Å²) in [4.78, 5) is 13.5. The van der Waals surface area contributed by atoms with Crippen LogP contribution >= 0.6 is 15.9 Å². The van der Waals surface area contributed by atoms with Gasteiger partial charge in [0.15, 0.2) is 0 Å². The molecule has 3 nitrogen and oxygen atoms in total. The highest BCUT2D eigenvalue weighted by molar-refractivity contribution is 9.10. The Kier molecular flexibility index (Phi) is 4.29. The van der Waals surface area contributed by atoms with Gasteiger partial charge in [0.25, 0.3) is 0 Å². The van der Waals surface area contributed by atoms with Gasteiger partial charge in [-0.1, -0.05) is 22.0 Å². The molecule has 0 aromatic heterocycles. The maximum atomic E-state index is 11.5. The third kappa shape index (κ3) is 3.32. The van der Waals surface area contributed by atoms with Crippen molar-refractivity contribution >= 4 is 21.9 Å². The van der Waals surface area contributed by atoms with Gasteiger partial charge in [-0.15, -0.1) is 0 Å². The minimum atomic E-state index is -0.298. The average molecular weight is 272 g/mol. The monoisotopic (exact) mass is 271 g/mol. The van der Waals surface area contributed by atoms with Gasteiger partial charge in [-0.05, 0) is 31.8 Å². The number of hydrogen-bond acceptors (Lipinski definition) is 3. The van der Waals surface area contributed by atoms with E-state index in [4.69, 9.17) is 4.74 Å². The Bertz CT molecular complexity index is 364. The Balaban J connectivity index is 3.08. The molecule has 0 N–H and O–H groups in total. The SMILES string of the molecule is COC(=O)c1cc(Br)ccc1CN(C)C. The van der Waals surface area contributed by atoms with Crippen LogP contribution in [-0.2, 0) is 11.3 Å². The Labute approximate surface area is 98.2 Å². The highest BCUT2D eigenvalue weighted by atomic mass is 79.9. The number of carbonyl (C=O) groups excluding carboxylic acids is 1. The van der Waals surface area contributed by atoms with Gasteiger partial charge in [0.05, 0.1) is 12.7 Å². The van der Waals surface area contributed by atoms with Crippen LogP contribution in [0.3, 0.4) is 0 Å². The summed E-state index contributed by atoms with van der Waals surface area (Å²) in [6.45, 7) is 0.720. The standard InChI is InChI=1S/C11H14BrNO2/c1-13(2)7-8-4-5-9(12)6-10(8)11(14)15-3/h4-6H,7H2,1-3H3. The molecule has 1 rings (SSSR count). The van der Waals surface area contributed by atoms with Gasteiger partial charge >= 0.3 is 5.97 Å². The maximum absolute atomic E-state index is 11.5. The molecule has 0 aliphatic carbocycles. The Morgan fingerprint density at radius 2 is 2.13 bits per heavy atom. The molecule has 4 heteroatoms. The van der Waals surface area contributed by atoms with Crippen LogP contribution in [-0.4, -0.2) is 32.1 Å². The van der Waals surface area contributed by atoms with Crippen molar-refractivity contribution in [3.8, 4) is 0 Å².